The number of anilines is 1. The smallest absolute Gasteiger partial charge is 0.181 e. The van der Waals surface area contributed by atoms with E-state index >= 15 is 0 Å². The van der Waals surface area contributed by atoms with E-state index in [2.05, 4.69) is 71.5 Å². The Hall–Kier alpha value is -3.78. The normalized spacial score (nSPS) is 14.3. The van der Waals surface area contributed by atoms with Gasteiger partial charge in [0.2, 0.25) is 0 Å². The summed E-state index contributed by atoms with van der Waals surface area (Å²) in [6, 6.07) is 8.61. The van der Waals surface area contributed by atoms with Gasteiger partial charge in [0.1, 0.15) is 5.65 Å². The third kappa shape index (κ3) is 3.80. The largest absolute Gasteiger partial charge is 0.371 e. The van der Waals surface area contributed by atoms with Gasteiger partial charge in [0, 0.05) is 72.0 Å². The van der Waals surface area contributed by atoms with Crippen LogP contribution in [0.5, 0.6) is 0 Å². The lowest BCUT2D eigenvalue weighted by Crippen LogP contribution is -2.29. The lowest BCUT2D eigenvalue weighted by Gasteiger charge is -2.29. The molecule has 0 saturated carbocycles. The molecule has 8 heteroatoms. The number of rotatable bonds is 6. The minimum absolute atomic E-state index is 0.693. The summed E-state index contributed by atoms with van der Waals surface area (Å²) in [6.07, 6.45) is 11.3. The average molecular weight is 453 g/mol. The van der Waals surface area contributed by atoms with Gasteiger partial charge in [-0.1, -0.05) is 6.92 Å². The standard InChI is InChI=1S/C26H28N8/c1-2-27-13-17-10-18(15-28-14-17)19-11-21-24(32-33-26(21)30-16-19)22-12-20-23(6-7-29-25(20)31-22)34-8-4-3-5-9-34/h6-7,10-12,14-16,27H,2-5,8-9,13H2,1H3,(H,29,31)(H,30,32,33). The highest BCUT2D eigenvalue weighted by atomic mass is 15.2. The molecule has 0 aliphatic carbocycles. The van der Waals surface area contributed by atoms with Crippen LogP contribution in [-0.4, -0.2) is 49.8 Å². The van der Waals surface area contributed by atoms with Gasteiger partial charge in [-0.2, -0.15) is 5.10 Å². The minimum Gasteiger partial charge on any atom is -0.371 e. The summed E-state index contributed by atoms with van der Waals surface area (Å²) in [7, 11) is 0. The second-order valence-corrected chi connectivity index (χ2v) is 8.88. The SMILES string of the molecule is CCNCc1cncc(-c2cnc3n[nH]c(-c4cc5c(N6CCCCC6)ccnc5[nH]4)c3c2)c1. The third-order valence-electron chi connectivity index (χ3n) is 6.59. The number of nitrogens with one attached hydrogen (secondary N) is 3. The topological polar surface area (TPSA) is 98.4 Å². The molecule has 1 aliphatic heterocycles. The first kappa shape index (κ1) is 20.8. The Balaban J connectivity index is 1.40. The zero-order valence-corrected chi connectivity index (χ0v) is 19.3. The van der Waals surface area contributed by atoms with Crippen molar-refractivity contribution in [2.24, 2.45) is 0 Å². The quantitative estimate of drug-likeness (QED) is 0.347. The average Bonchev–Trinajstić information content (AvgIpc) is 3.51. The van der Waals surface area contributed by atoms with Gasteiger partial charge in [0.25, 0.3) is 0 Å². The van der Waals surface area contributed by atoms with Crippen LogP contribution in [0.15, 0.2) is 49.1 Å². The van der Waals surface area contributed by atoms with Crippen molar-refractivity contribution in [3.63, 3.8) is 0 Å². The van der Waals surface area contributed by atoms with Gasteiger partial charge in [0.15, 0.2) is 5.65 Å². The summed E-state index contributed by atoms with van der Waals surface area (Å²) in [5.74, 6) is 0. The number of hydrogen-bond acceptors (Lipinski definition) is 6. The van der Waals surface area contributed by atoms with Gasteiger partial charge in [0.05, 0.1) is 11.4 Å². The van der Waals surface area contributed by atoms with Crippen molar-refractivity contribution in [2.45, 2.75) is 32.7 Å². The first-order chi connectivity index (χ1) is 16.8. The molecular weight excluding hydrogens is 424 g/mol. The van der Waals surface area contributed by atoms with Gasteiger partial charge in [-0.15, -0.1) is 0 Å². The Morgan fingerprint density at radius 3 is 2.74 bits per heavy atom. The number of pyridine rings is 3. The van der Waals surface area contributed by atoms with Crippen LogP contribution >= 0.6 is 0 Å². The van der Waals surface area contributed by atoms with Gasteiger partial charge < -0.3 is 15.2 Å². The number of aromatic amines is 2. The molecule has 8 nitrogen and oxygen atoms in total. The molecule has 5 aromatic heterocycles. The Bertz CT molecular complexity index is 1440. The molecule has 0 unspecified atom stereocenters. The van der Waals surface area contributed by atoms with E-state index in [4.69, 9.17) is 0 Å². The molecule has 0 atom stereocenters. The Morgan fingerprint density at radius 1 is 0.971 bits per heavy atom. The van der Waals surface area contributed by atoms with Crippen molar-refractivity contribution in [1.82, 2.24) is 35.5 Å². The van der Waals surface area contributed by atoms with Crippen molar-refractivity contribution in [1.29, 1.82) is 0 Å². The van der Waals surface area contributed by atoms with E-state index in [1.54, 1.807) is 0 Å². The molecule has 1 fully saturated rings. The highest BCUT2D eigenvalue weighted by molar-refractivity contribution is 5.98. The Kier molecular flexibility index (Phi) is 5.43. The van der Waals surface area contributed by atoms with Gasteiger partial charge >= 0.3 is 0 Å². The highest BCUT2D eigenvalue weighted by Crippen LogP contribution is 2.34. The molecule has 6 heterocycles. The second kappa shape index (κ2) is 8.87. The van der Waals surface area contributed by atoms with E-state index in [0.717, 1.165) is 70.7 Å². The van der Waals surface area contributed by atoms with Crippen LogP contribution in [0.1, 0.15) is 31.7 Å². The van der Waals surface area contributed by atoms with Crippen LogP contribution in [0.2, 0.25) is 0 Å². The fraction of sp³-hybridized carbons (Fsp3) is 0.308. The van der Waals surface area contributed by atoms with E-state index in [1.165, 1.54) is 24.9 Å². The van der Waals surface area contributed by atoms with Crippen LogP contribution in [0.25, 0.3) is 44.6 Å². The van der Waals surface area contributed by atoms with Crippen molar-refractivity contribution in [3.8, 4) is 22.5 Å². The summed E-state index contributed by atoms with van der Waals surface area (Å²) >= 11 is 0. The zero-order valence-electron chi connectivity index (χ0n) is 19.3. The fourth-order valence-corrected chi connectivity index (χ4v) is 4.83. The molecule has 34 heavy (non-hydrogen) atoms. The molecule has 0 bridgehead atoms. The highest BCUT2D eigenvalue weighted by Gasteiger charge is 2.18. The Labute approximate surface area is 197 Å². The molecule has 172 valence electrons. The van der Waals surface area contributed by atoms with E-state index in [9.17, 15) is 0 Å². The van der Waals surface area contributed by atoms with Gasteiger partial charge in [-0.05, 0) is 55.6 Å². The van der Waals surface area contributed by atoms with Crippen molar-refractivity contribution in [2.75, 3.05) is 24.5 Å². The third-order valence-corrected chi connectivity index (χ3v) is 6.59. The summed E-state index contributed by atoms with van der Waals surface area (Å²) in [4.78, 5) is 19.6. The zero-order chi connectivity index (χ0) is 22.9. The number of fused-ring (bicyclic) bond motifs is 2. The molecule has 0 amide bonds. The fourth-order valence-electron chi connectivity index (χ4n) is 4.83. The summed E-state index contributed by atoms with van der Waals surface area (Å²) in [5, 5.41) is 13.1. The van der Waals surface area contributed by atoms with E-state index in [-0.39, 0.29) is 0 Å². The van der Waals surface area contributed by atoms with Crippen molar-refractivity contribution < 1.29 is 0 Å². The molecule has 1 saturated heterocycles. The van der Waals surface area contributed by atoms with Crippen LogP contribution in [0, 0.1) is 0 Å². The summed E-state index contributed by atoms with van der Waals surface area (Å²) in [5.41, 5.74) is 7.93. The monoisotopic (exact) mass is 452 g/mol. The Morgan fingerprint density at radius 2 is 1.85 bits per heavy atom. The summed E-state index contributed by atoms with van der Waals surface area (Å²) in [6.45, 7) is 6.02. The molecule has 0 spiro atoms. The lowest BCUT2D eigenvalue weighted by molar-refractivity contribution is 0.579. The first-order valence-corrected chi connectivity index (χ1v) is 12.0. The first-order valence-electron chi connectivity index (χ1n) is 12.0. The minimum atomic E-state index is 0.693. The van der Waals surface area contributed by atoms with E-state index in [1.807, 2.05) is 24.8 Å². The summed E-state index contributed by atoms with van der Waals surface area (Å²) < 4.78 is 0. The lowest BCUT2D eigenvalue weighted by atomic mass is 10.1. The molecule has 5 aromatic rings. The maximum absolute atomic E-state index is 4.62. The van der Waals surface area contributed by atoms with Crippen LogP contribution in [-0.2, 0) is 6.54 Å². The molecule has 6 rings (SSSR count). The maximum Gasteiger partial charge on any atom is 0.181 e. The number of piperidine rings is 1. The van der Waals surface area contributed by atoms with Crippen LogP contribution in [0.4, 0.5) is 5.69 Å². The second-order valence-electron chi connectivity index (χ2n) is 8.88. The number of nitrogens with zero attached hydrogens (tertiary/aromatic N) is 5. The molecule has 1 aliphatic rings. The predicted octanol–water partition coefficient (Wildman–Crippen LogP) is 4.66. The number of aromatic nitrogens is 6. The van der Waals surface area contributed by atoms with E-state index in [0.29, 0.717) is 5.65 Å². The molecular formula is C26H28N8. The molecule has 0 aromatic carbocycles. The van der Waals surface area contributed by atoms with Gasteiger partial charge in [-0.25, -0.2) is 9.97 Å². The van der Waals surface area contributed by atoms with E-state index < -0.39 is 0 Å². The maximum atomic E-state index is 4.62. The molecule has 0 radical (unpaired) electrons. The van der Waals surface area contributed by atoms with Crippen molar-refractivity contribution >= 4 is 27.8 Å². The van der Waals surface area contributed by atoms with Crippen LogP contribution in [0.3, 0.4) is 0 Å². The van der Waals surface area contributed by atoms with Crippen LogP contribution < -0.4 is 10.2 Å². The predicted molar refractivity (Wildman–Crippen MR) is 136 cm³/mol. The molecule has 3 N–H and O–H groups in total. The van der Waals surface area contributed by atoms with Crippen molar-refractivity contribution in [3.05, 3.63) is 54.6 Å². The number of H-pyrrole nitrogens is 2. The number of hydrogen-bond donors (Lipinski definition) is 3. The van der Waals surface area contributed by atoms with Gasteiger partial charge in [-0.3, -0.25) is 10.1 Å².